The number of hydrogen-bond acceptors (Lipinski definition) is 2. The van der Waals surface area contributed by atoms with E-state index in [0.29, 0.717) is 0 Å². The molecule has 2 aromatic rings. The Bertz CT molecular complexity index is 462. The molecule has 0 aliphatic heterocycles. The van der Waals surface area contributed by atoms with Crippen molar-refractivity contribution >= 4 is 11.8 Å². The molecular formula is C14H14OS. The number of aliphatic hydroxyl groups is 1. The molecule has 2 heteroatoms. The molecule has 1 N–H and O–H groups in total. The Balaban J connectivity index is 2.34. The quantitative estimate of drug-likeness (QED) is 0.813. The molecular weight excluding hydrogens is 216 g/mol. The van der Waals surface area contributed by atoms with E-state index in [1.54, 1.807) is 11.8 Å². The number of hydrogen-bond donors (Lipinski definition) is 1. The van der Waals surface area contributed by atoms with Crippen molar-refractivity contribution in [2.45, 2.75) is 11.5 Å². The third-order valence-corrected chi connectivity index (χ3v) is 3.28. The summed E-state index contributed by atoms with van der Waals surface area (Å²) in [5, 5.41) is 9.09. The Morgan fingerprint density at radius 3 is 2.38 bits per heavy atom. The van der Waals surface area contributed by atoms with E-state index >= 15 is 0 Å². The van der Waals surface area contributed by atoms with Crippen LogP contribution in [-0.4, -0.2) is 11.4 Å². The van der Waals surface area contributed by atoms with E-state index in [1.807, 2.05) is 18.2 Å². The highest BCUT2D eigenvalue weighted by molar-refractivity contribution is 7.98. The maximum Gasteiger partial charge on any atom is 0.0682 e. The van der Waals surface area contributed by atoms with Crippen molar-refractivity contribution in [2.75, 3.05) is 6.26 Å². The van der Waals surface area contributed by atoms with Gasteiger partial charge < -0.3 is 5.11 Å². The maximum atomic E-state index is 9.09. The lowest BCUT2D eigenvalue weighted by Crippen LogP contribution is -1.84. The topological polar surface area (TPSA) is 20.2 Å². The van der Waals surface area contributed by atoms with Crippen LogP contribution >= 0.6 is 11.8 Å². The molecule has 0 atom stereocenters. The highest BCUT2D eigenvalue weighted by atomic mass is 32.2. The first-order valence-electron chi connectivity index (χ1n) is 5.17. The fourth-order valence-corrected chi connectivity index (χ4v) is 2.04. The van der Waals surface area contributed by atoms with Crippen molar-refractivity contribution < 1.29 is 5.11 Å². The molecule has 0 heterocycles. The predicted molar refractivity (Wildman–Crippen MR) is 69.6 cm³/mol. The summed E-state index contributed by atoms with van der Waals surface area (Å²) in [6.07, 6.45) is 2.07. The average Bonchev–Trinajstić information content (AvgIpc) is 2.39. The van der Waals surface area contributed by atoms with E-state index in [1.165, 1.54) is 10.5 Å². The zero-order valence-corrected chi connectivity index (χ0v) is 10.00. The molecule has 16 heavy (non-hydrogen) atoms. The van der Waals surface area contributed by atoms with Crippen LogP contribution in [0.5, 0.6) is 0 Å². The van der Waals surface area contributed by atoms with Gasteiger partial charge in [-0.15, -0.1) is 11.8 Å². The first-order valence-corrected chi connectivity index (χ1v) is 6.40. The van der Waals surface area contributed by atoms with E-state index in [2.05, 4.69) is 36.6 Å². The van der Waals surface area contributed by atoms with Gasteiger partial charge in [0.1, 0.15) is 0 Å². The van der Waals surface area contributed by atoms with Gasteiger partial charge >= 0.3 is 0 Å². The Labute approximate surface area is 100 Å². The molecule has 0 aliphatic carbocycles. The van der Waals surface area contributed by atoms with E-state index in [-0.39, 0.29) is 6.61 Å². The predicted octanol–water partition coefficient (Wildman–Crippen LogP) is 3.57. The van der Waals surface area contributed by atoms with Crippen LogP contribution in [0.1, 0.15) is 5.56 Å². The maximum absolute atomic E-state index is 9.09. The smallest absolute Gasteiger partial charge is 0.0682 e. The van der Waals surface area contributed by atoms with Gasteiger partial charge in [0.15, 0.2) is 0 Å². The molecule has 0 saturated heterocycles. The van der Waals surface area contributed by atoms with Gasteiger partial charge in [-0.05, 0) is 41.1 Å². The Kier molecular flexibility index (Phi) is 3.65. The van der Waals surface area contributed by atoms with Crippen molar-refractivity contribution in [1.82, 2.24) is 0 Å². The van der Waals surface area contributed by atoms with Crippen molar-refractivity contribution in [2.24, 2.45) is 0 Å². The number of benzene rings is 2. The highest BCUT2D eigenvalue weighted by Crippen LogP contribution is 2.23. The highest BCUT2D eigenvalue weighted by Gasteiger charge is 1.99. The summed E-state index contributed by atoms with van der Waals surface area (Å²) in [6.45, 7) is 0.0940. The van der Waals surface area contributed by atoms with E-state index < -0.39 is 0 Å². The molecule has 82 valence electrons. The minimum atomic E-state index is 0.0940. The van der Waals surface area contributed by atoms with Crippen LogP contribution in [0.25, 0.3) is 11.1 Å². The van der Waals surface area contributed by atoms with E-state index in [4.69, 9.17) is 5.11 Å². The van der Waals surface area contributed by atoms with Crippen LogP contribution < -0.4 is 0 Å². The van der Waals surface area contributed by atoms with Crippen LogP contribution in [-0.2, 0) is 6.61 Å². The van der Waals surface area contributed by atoms with Gasteiger partial charge in [-0.1, -0.05) is 30.3 Å². The average molecular weight is 230 g/mol. The van der Waals surface area contributed by atoms with Crippen LogP contribution in [0.4, 0.5) is 0 Å². The minimum absolute atomic E-state index is 0.0940. The summed E-state index contributed by atoms with van der Waals surface area (Å²) in [4.78, 5) is 1.27. The van der Waals surface area contributed by atoms with Crippen LogP contribution in [0.2, 0.25) is 0 Å². The van der Waals surface area contributed by atoms with Crippen LogP contribution in [0.3, 0.4) is 0 Å². The Morgan fingerprint density at radius 1 is 1.00 bits per heavy atom. The van der Waals surface area contributed by atoms with Gasteiger partial charge in [0.25, 0.3) is 0 Å². The zero-order chi connectivity index (χ0) is 11.4. The van der Waals surface area contributed by atoms with Gasteiger partial charge in [-0.3, -0.25) is 0 Å². The minimum Gasteiger partial charge on any atom is -0.392 e. The fraction of sp³-hybridized carbons (Fsp3) is 0.143. The second kappa shape index (κ2) is 5.19. The summed E-state index contributed by atoms with van der Waals surface area (Å²) in [5.41, 5.74) is 3.29. The van der Waals surface area contributed by atoms with Crippen molar-refractivity contribution in [3.05, 3.63) is 54.1 Å². The first kappa shape index (κ1) is 11.2. The molecule has 0 aromatic heterocycles. The lowest BCUT2D eigenvalue weighted by Gasteiger charge is -2.04. The van der Waals surface area contributed by atoms with Crippen molar-refractivity contribution in [1.29, 1.82) is 0 Å². The molecule has 0 radical (unpaired) electrons. The lowest BCUT2D eigenvalue weighted by molar-refractivity contribution is 0.282. The molecule has 0 unspecified atom stereocenters. The molecule has 0 spiro atoms. The molecule has 2 rings (SSSR count). The van der Waals surface area contributed by atoms with Crippen molar-refractivity contribution in [3.63, 3.8) is 0 Å². The molecule has 0 bridgehead atoms. The standard InChI is InChI=1S/C14H14OS/c1-16-14-7-5-12(6-8-14)13-4-2-3-11(9-13)10-15/h2-9,15H,10H2,1H3. The summed E-state index contributed by atoms with van der Waals surface area (Å²) in [7, 11) is 0. The molecule has 1 nitrogen and oxygen atoms in total. The third kappa shape index (κ3) is 2.46. The normalized spacial score (nSPS) is 10.4. The summed E-state index contributed by atoms with van der Waals surface area (Å²) in [6, 6.07) is 16.5. The molecule has 2 aromatic carbocycles. The fourth-order valence-electron chi connectivity index (χ4n) is 1.63. The number of thioether (sulfide) groups is 1. The number of aliphatic hydroxyl groups excluding tert-OH is 1. The zero-order valence-electron chi connectivity index (χ0n) is 9.18. The van der Waals surface area contributed by atoms with Gasteiger partial charge in [-0.25, -0.2) is 0 Å². The van der Waals surface area contributed by atoms with E-state index in [0.717, 1.165) is 11.1 Å². The third-order valence-electron chi connectivity index (χ3n) is 2.53. The molecule has 0 fully saturated rings. The van der Waals surface area contributed by atoms with Gasteiger partial charge in [0.2, 0.25) is 0 Å². The summed E-state index contributed by atoms with van der Waals surface area (Å²) >= 11 is 1.74. The Morgan fingerprint density at radius 2 is 1.75 bits per heavy atom. The molecule has 0 amide bonds. The number of rotatable bonds is 3. The van der Waals surface area contributed by atoms with Crippen LogP contribution in [0, 0.1) is 0 Å². The lowest BCUT2D eigenvalue weighted by atomic mass is 10.0. The van der Waals surface area contributed by atoms with Gasteiger partial charge in [0, 0.05) is 4.90 Å². The van der Waals surface area contributed by atoms with Gasteiger partial charge in [-0.2, -0.15) is 0 Å². The van der Waals surface area contributed by atoms with E-state index in [9.17, 15) is 0 Å². The molecule has 0 aliphatic rings. The SMILES string of the molecule is CSc1ccc(-c2cccc(CO)c2)cc1. The first-order chi connectivity index (χ1) is 7.83. The second-order valence-electron chi connectivity index (χ2n) is 3.59. The second-order valence-corrected chi connectivity index (χ2v) is 4.47. The van der Waals surface area contributed by atoms with Crippen LogP contribution in [0.15, 0.2) is 53.4 Å². The summed E-state index contributed by atoms with van der Waals surface area (Å²) in [5.74, 6) is 0. The Hall–Kier alpha value is -1.25. The summed E-state index contributed by atoms with van der Waals surface area (Å²) < 4.78 is 0. The monoisotopic (exact) mass is 230 g/mol. The largest absolute Gasteiger partial charge is 0.392 e. The van der Waals surface area contributed by atoms with Gasteiger partial charge in [0.05, 0.1) is 6.61 Å². The van der Waals surface area contributed by atoms with Crippen molar-refractivity contribution in [3.8, 4) is 11.1 Å². The molecule has 0 saturated carbocycles.